The van der Waals surface area contributed by atoms with Crippen molar-refractivity contribution >= 4 is 23.0 Å². The van der Waals surface area contributed by atoms with Gasteiger partial charge in [-0.25, -0.2) is 0 Å². The van der Waals surface area contributed by atoms with Crippen molar-refractivity contribution < 1.29 is 9.47 Å². The zero-order valence-electron chi connectivity index (χ0n) is 12.4. The average molecular weight is 307 g/mol. The molecule has 1 aromatic rings. The number of ether oxygens (including phenoxy) is 2. The van der Waals surface area contributed by atoms with Crippen LogP contribution < -0.4 is 20.6 Å². The van der Waals surface area contributed by atoms with Gasteiger partial charge in [0.2, 0.25) is 0 Å². The first-order chi connectivity index (χ1) is 10.1. The van der Waals surface area contributed by atoms with Crippen LogP contribution in [0.25, 0.3) is 0 Å². The molecule has 0 aliphatic heterocycles. The lowest BCUT2D eigenvalue weighted by atomic mass is 10.1. The van der Waals surface area contributed by atoms with Crippen molar-refractivity contribution in [2.45, 2.75) is 38.7 Å². The summed E-state index contributed by atoms with van der Waals surface area (Å²) in [6, 6.07) is 5.76. The van der Waals surface area contributed by atoms with E-state index < -0.39 is 0 Å². The van der Waals surface area contributed by atoms with Gasteiger partial charge in [0.05, 0.1) is 18.9 Å². The second-order valence-electron chi connectivity index (χ2n) is 5.06. The number of benzene rings is 1. The first-order valence-corrected chi connectivity index (χ1v) is 7.45. The summed E-state index contributed by atoms with van der Waals surface area (Å²) in [5.41, 5.74) is 9.68. The van der Waals surface area contributed by atoms with Gasteiger partial charge in [-0.3, -0.25) is 5.43 Å². The zero-order chi connectivity index (χ0) is 15.2. The SMILES string of the molecule is COc1ccc(/C(C)=N/NC(N)=S)cc1OC1CCCC1. The number of nitrogens with two attached hydrogens (primary N) is 1. The van der Waals surface area contributed by atoms with E-state index in [0.29, 0.717) is 0 Å². The lowest BCUT2D eigenvalue weighted by Gasteiger charge is -2.16. The Labute approximate surface area is 130 Å². The van der Waals surface area contributed by atoms with Gasteiger partial charge in [0, 0.05) is 5.56 Å². The maximum absolute atomic E-state index is 6.06. The molecule has 0 bridgehead atoms. The average Bonchev–Trinajstić information content (AvgIpc) is 2.97. The van der Waals surface area contributed by atoms with Crippen LogP contribution in [-0.2, 0) is 0 Å². The summed E-state index contributed by atoms with van der Waals surface area (Å²) in [5.74, 6) is 1.49. The van der Waals surface area contributed by atoms with Crippen LogP contribution in [0.5, 0.6) is 11.5 Å². The van der Waals surface area contributed by atoms with Crippen molar-refractivity contribution in [3.63, 3.8) is 0 Å². The fraction of sp³-hybridized carbons (Fsp3) is 0.467. The maximum Gasteiger partial charge on any atom is 0.184 e. The predicted octanol–water partition coefficient (Wildman–Crippen LogP) is 2.57. The van der Waals surface area contributed by atoms with E-state index in [1.54, 1.807) is 7.11 Å². The lowest BCUT2D eigenvalue weighted by Crippen LogP contribution is -2.25. The van der Waals surface area contributed by atoms with Crippen LogP contribution in [0.4, 0.5) is 0 Å². The standard InChI is InChI=1S/C15H21N3O2S/c1-10(17-18-15(16)21)11-7-8-13(19-2)14(9-11)20-12-5-3-4-6-12/h7-9,12H,3-6H2,1-2H3,(H3,16,18,21)/b17-10+. The van der Waals surface area contributed by atoms with Crippen LogP contribution in [0.15, 0.2) is 23.3 Å². The highest BCUT2D eigenvalue weighted by molar-refractivity contribution is 7.80. The first kappa shape index (κ1) is 15.6. The molecule has 0 aromatic heterocycles. The number of thiocarbonyl (C=S) groups is 1. The molecule has 0 saturated heterocycles. The summed E-state index contributed by atoms with van der Waals surface area (Å²) < 4.78 is 11.4. The molecule has 0 heterocycles. The summed E-state index contributed by atoms with van der Waals surface area (Å²) >= 11 is 4.74. The highest BCUT2D eigenvalue weighted by Gasteiger charge is 2.18. The van der Waals surface area contributed by atoms with Gasteiger partial charge in [-0.05, 0) is 63.0 Å². The number of hydrogen-bond donors (Lipinski definition) is 2. The third-order valence-electron chi connectivity index (χ3n) is 3.51. The molecule has 114 valence electrons. The molecule has 0 unspecified atom stereocenters. The molecule has 6 heteroatoms. The smallest absolute Gasteiger partial charge is 0.184 e. The van der Waals surface area contributed by atoms with Crippen LogP contribution in [0, 0.1) is 0 Å². The van der Waals surface area contributed by atoms with Gasteiger partial charge in [-0.2, -0.15) is 5.10 Å². The molecule has 21 heavy (non-hydrogen) atoms. The monoisotopic (exact) mass is 307 g/mol. The predicted molar refractivity (Wildman–Crippen MR) is 88.0 cm³/mol. The van der Waals surface area contributed by atoms with E-state index in [1.165, 1.54) is 12.8 Å². The number of nitrogens with one attached hydrogen (secondary N) is 1. The molecule has 0 amide bonds. The Hall–Kier alpha value is -1.82. The fourth-order valence-electron chi connectivity index (χ4n) is 2.38. The third kappa shape index (κ3) is 4.32. The second-order valence-corrected chi connectivity index (χ2v) is 5.50. The van der Waals surface area contributed by atoms with Crippen LogP contribution >= 0.6 is 12.2 Å². The Balaban J connectivity index is 2.19. The van der Waals surface area contributed by atoms with Crippen LogP contribution in [0.1, 0.15) is 38.2 Å². The quantitative estimate of drug-likeness (QED) is 0.497. The largest absolute Gasteiger partial charge is 0.493 e. The number of nitrogens with zero attached hydrogens (tertiary/aromatic N) is 1. The van der Waals surface area contributed by atoms with Gasteiger partial charge in [0.1, 0.15) is 0 Å². The van der Waals surface area contributed by atoms with E-state index in [1.807, 2.05) is 25.1 Å². The first-order valence-electron chi connectivity index (χ1n) is 7.05. The summed E-state index contributed by atoms with van der Waals surface area (Å²) in [5, 5.41) is 4.27. The van der Waals surface area contributed by atoms with E-state index in [2.05, 4.69) is 10.5 Å². The number of rotatable bonds is 5. The van der Waals surface area contributed by atoms with Gasteiger partial charge in [-0.15, -0.1) is 0 Å². The Bertz CT molecular complexity index is 540. The lowest BCUT2D eigenvalue weighted by molar-refractivity contribution is 0.201. The van der Waals surface area contributed by atoms with Gasteiger partial charge in [-0.1, -0.05) is 0 Å². The van der Waals surface area contributed by atoms with Gasteiger partial charge >= 0.3 is 0 Å². The van der Waals surface area contributed by atoms with Crippen molar-refractivity contribution in [3.05, 3.63) is 23.8 Å². The van der Waals surface area contributed by atoms with Gasteiger partial charge in [0.25, 0.3) is 0 Å². The number of hydrogen-bond acceptors (Lipinski definition) is 4. The molecule has 0 atom stereocenters. The summed E-state index contributed by atoms with van der Waals surface area (Å²) in [4.78, 5) is 0. The second kappa shape index (κ2) is 7.26. The molecule has 5 nitrogen and oxygen atoms in total. The minimum absolute atomic E-state index is 0.144. The van der Waals surface area contributed by atoms with Crippen molar-refractivity contribution in [2.75, 3.05) is 7.11 Å². The topological polar surface area (TPSA) is 68.9 Å². The fourth-order valence-corrected chi connectivity index (χ4v) is 2.43. The molecule has 2 rings (SSSR count). The van der Waals surface area contributed by atoms with Gasteiger partial charge < -0.3 is 15.2 Å². The van der Waals surface area contributed by atoms with E-state index >= 15 is 0 Å². The molecule has 0 spiro atoms. The minimum atomic E-state index is 0.144. The maximum atomic E-state index is 6.06. The molecular weight excluding hydrogens is 286 g/mol. The van der Waals surface area contributed by atoms with E-state index in [9.17, 15) is 0 Å². The number of hydrazone groups is 1. The van der Waals surface area contributed by atoms with Crippen molar-refractivity contribution in [1.82, 2.24) is 5.43 Å². The Morgan fingerprint density at radius 1 is 1.33 bits per heavy atom. The van der Waals surface area contributed by atoms with Crippen molar-refractivity contribution in [3.8, 4) is 11.5 Å². The zero-order valence-corrected chi connectivity index (χ0v) is 13.2. The van der Waals surface area contributed by atoms with E-state index in [0.717, 1.165) is 35.6 Å². The summed E-state index contributed by atoms with van der Waals surface area (Å²) in [6.45, 7) is 1.88. The van der Waals surface area contributed by atoms with E-state index in [-0.39, 0.29) is 11.2 Å². The highest BCUT2D eigenvalue weighted by atomic mass is 32.1. The summed E-state index contributed by atoms with van der Waals surface area (Å²) in [7, 11) is 1.64. The Morgan fingerprint density at radius 3 is 2.67 bits per heavy atom. The molecule has 1 aromatic carbocycles. The van der Waals surface area contributed by atoms with Crippen molar-refractivity contribution in [2.24, 2.45) is 10.8 Å². The molecule has 1 aliphatic rings. The third-order valence-corrected chi connectivity index (χ3v) is 3.60. The van der Waals surface area contributed by atoms with Crippen LogP contribution in [-0.4, -0.2) is 24.0 Å². The Kier molecular flexibility index (Phi) is 5.38. The molecule has 1 aliphatic carbocycles. The molecule has 1 saturated carbocycles. The Morgan fingerprint density at radius 2 is 2.05 bits per heavy atom. The summed E-state index contributed by atoms with van der Waals surface area (Å²) in [6.07, 6.45) is 4.93. The highest BCUT2D eigenvalue weighted by Crippen LogP contribution is 2.32. The molecule has 1 fully saturated rings. The molecule has 0 radical (unpaired) electrons. The van der Waals surface area contributed by atoms with Crippen LogP contribution in [0.2, 0.25) is 0 Å². The normalized spacial score (nSPS) is 15.8. The van der Waals surface area contributed by atoms with Gasteiger partial charge in [0.15, 0.2) is 16.6 Å². The van der Waals surface area contributed by atoms with E-state index in [4.69, 9.17) is 27.4 Å². The minimum Gasteiger partial charge on any atom is -0.493 e. The van der Waals surface area contributed by atoms with Crippen molar-refractivity contribution in [1.29, 1.82) is 0 Å². The van der Waals surface area contributed by atoms with Crippen LogP contribution in [0.3, 0.4) is 0 Å². The number of methoxy groups -OCH3 is 1. The molecular formula is C15H21N3O2S. The molecule has 3 N–H and O–H groups in total.